The largest absolute Gasteiger partial charge is 0.466 e. The highest BCUT2D eigenvalue weighted by Gasteiger charge is 2.04. The van der Waals surface area contributed by atoms with Crippen LogP contribution in [-0.2, 0) is 16.0 Å². The van der Waals surface area contributed by atoms with Gasteiger partial charge in [-0.2, -0.15) is 0 Å². The maximum absolute atomic E-state index is 11.1. The zero-order chi connectivity index (χ0) is 11.1. The molecule has 82 valence electrons. The average molecular weight is 226 g/mol. The van der Waals surface area contributed by atoms with Crippen LogP contribution in [0.4, 0.5) is 0 Å². The topological polar surface area (TPSA) is 52.1 Å². The molecular weight excluding hydrogens is 212 g/mol. The molecule has 1 rings (SSSR count). The first-order valence-corrected chi connectivity index (χ1v) is 5.84. The molecule has 1 heterocycles. The van der Waals surface area contributed by atoms with Gasteiger partial charge in [0.05, 0.1) is 13.0 Å². The van der Waals surface area contributed by atoms with Gasteiger partial charge in [0, 0.05) is 12.4 Å². The molecule has 0 aromatic carbocycles. The van der Waals surface area contributed by atoms with Crippen molar-refractivity contribution in [2.45, 2.75) is 25.4 Å². The Bertz CT molecular complexity index is 314. The highest BCUT2D eigenvalue weighted by molar-refractivity contribution is 7.99. The molecule has 4 nitrogen and oxygen atoms in total. The third-order valence-electron chi connectivity index (χ3n) is 1.61. The highest BCUT2D eigenvalue weighted by atomic mass is 32.2. The highest BCUT2D eigenvalue weighted by Crippen LogP contribution is 2.11. The number of carbonyl (C=O) groups is 1. The van der Waals surface area contributed by atoms with E-state index < -0.39 is 0 Å². The molecule has 0 amide bonds. The Morgan fingerprint density at radius 3 is 2.60 bits per heavy atom. The summed E-state index contributed by atoms with van der Waals surface area (Å²) in [5.74, 6) is 0.703. The quantitative estimate of drug-likeness (QED) is 0.434. The summed E-state index contributed by atoms with van der Waals surface area (Å²) in [6.07, 6.45) is 3.58. The Kier molecular flexibility index (Phi) is 5.10. The second-order valence-corrected chi connectivity index (χ2v) is 4.02. The van der Waals surface area contributed by atoms with Gasteiger partial charge in [-0.05, 0) is 18.2 Å². The van der Waals surface area contributed by atoms with E-state index in [1.165, 1.54) is 0 Å². The van der Waals surface area contributed by atoms with Gasteiger partial charge in [-0.1, -0.05) is 18.7 Å². The number of rotatable bonds is 5. The number of carbonyl (C=O) groups excluding carboxylic acids is 1. The van der Waals surface area contributed by atoms with Gasteiger partial charge < -0.3 is 4.74 Å². The van der Waals surface area contributed by atoms with Crippen molar-refractivity contribution < 1.29 is 9.53 Å². The van der Waals surface area contributed by atoms with Crippen molar-refractivity contribution in [3.8, 4) is 0 Å². The fraction of sp³-hybridized carbons (Fsp3) is 0.500. The zero-order valence-electron chi connectivity index (χ0n) is 8.90. The lowest BCUT2D eigenvalue weighted by molar-refractivity contribution is -0.142. The number of aromatic nitrogens is 2. The number of ether oxygens (including phenoxy) is 1. The summed E-state index contributed by atoms with van der Waals surface area (Å²) in [5.41, 5.74) is 0.786. The molecule has 5 heteroatoms. The van der Waals surface area contributed by atoms with Gasteiger partial charge in [-0.15, -0.1) is 0 Å². The van der Waals surface area contributed by atoms with Crippen LogP contribution in [0.3, 0.4) is 0 Å². The molecule has 1 aromatic heterocycles. The maximum Gasteiger partial charge on any atom is 0.310 e. The number of nitrogens with zero attached hydrogens (tertiary/aromatic N) is 2. The Morgan fingerprint density at radius 1 is 1.40 bits per heavy atom. The lowest BCUT2D eigenvalue weighted by atomic mass is 10.2. The van der Waals surface area contributed by atoms with Crippen LogP contribution in [0.25, 0.3) is 0 Å². The minimum absolute atomic E-state index is 0.239. The molecule has 0 bridgehead atoms. The molecule has 0 unspecified atom stereocenters. The Hall–Kier alpha value is -1.10. The van der Waals surface area contributed by atoms with E-state index in [2.05, 4.69) is 9.97 Å². The number of thioether (sulfide) groups is 1. The summed E-state index contributed by atoms with van der Waals surface area (Å²) in [4.78, 5) is 19.4. The van der Waals surface area contributed by atoms with E-state index in [9.17, 15) is 4.79 Å². The van der Waals surface area contributed by atoms with Crippen LogP contribution >= 0.6 is 11.8 Å². The summed E-state index contributed by atoms with van der Waals surface area (Å²) in [6, 6.07) is 0. The van der Waals surface area contributed by atoms with Crippen LogP contribution in [0.15, 0.2) is 17.6 Å². The Balaban J connectivity index is 2.52. The minimum atomic E-state index is -0.239. The van der Waals surface area contributed by atoms with Gasteiger partial charge in [0.15, 0.2) is 5.16 Å². The monoisotopic (exact) mass is 226 g/mol. The lowest BCUT2D eigenvalue weighted by Crippen LogP contribution is -2.08. The summed E-state index contributed by atoms with van der Waals surface area (Å²) in [6.45, 7) is 4.24. The zero-order valence-corrected chi connectivity index (χ0v) is 9.71. The molecular formula is C10H14N2O2S. The normalized spacial score (nSPS) is 10.0. The lowest BCUT2D eigenvalue weighted by Gasteiger charge is -2.01. The van der Waals surface area contributed by atoms with Crippen molar-refractivity contribution in [3.63, 3.8) is 0 Å². The van der Waals surface area contributed by atoms with E-state index in [4.69, 9.17) is 4.74 Å². The van der Waals surface area contributed by atoms with Gasteiger partial charge in [0.1, 0.15) is 0 Å². The molecule has 0 saturated heterocycles. The summed E-state index contributed by atoms with van der Waals surface area (Å²) in [7, 11) is 0. The SMILES string of the molecule is CCOC(=O)Cc1cnc(SCC)nc1. The molecule has 0 aliphatic heterocycles. The Morgan fingerprint density at radius 2 is 2.07 bits per heavy atom. The predicted molar refractivity (Wildman–Crippen MR) is 58.8 cm³/mol. The molecule has 0 saturated carbocycles. The fourth-order valence-electron chi connectivity index (χ4n) is 1.02. The van der Waals surface area contributed by atoms with Gasteiger partial charge in [0.2, 0.25) is 0 Å². The van der Waals surface area contributed by atoms with Crippen molar-refractivity contribution in [2.24, 2.45) is 0 Å². The van der Waals surface area contributed by atoms with E-state index in [0.717, 1.165) is 16.5 Å². The first kappa shape index (κ1) is 12.0. The molecule has 0 aliphatic carbocycles. The van der Waals surface area contributed by atoms with Gasteiger partial charge in [-0.3, -0.25) is 4.79 Å². The van der Waals surface area contributed by atoms with Crippen LogP contribution in [0.2, 0.25) is 0 Å². The van der Waals surface area contributed by atoms with Crippen molar-refractivity contribution in [1.29, 1.82) is 0 Å². The van der Waals surface area contributed by atoms with E-state index in [1.54, 1.807) is 31.1 Å². The standard InChI is InChI=1S/C10H14N2O2S/c1-3-14-9(13)5-8-6-11-10(12-7-8)15-4-2/h6-7H,3-5H2,1-2H3. The van der Waals surface area contributed by atoms with E-state index >= 15 is 0 Å². The first-order chi connectivity index (χ1) is 7.26. The first-order valence-electron chi connectivity index (χ1n) is 4.85. The van der Waals surface area contributed by atoms with Crippen LogP contribution in [-0.4, -0.2) is 28.3 Å². The number of hydrogen-bond acceptors (Lipinski definition) is 5. The second kappa shape index (κ2) is 6.40. The van der Waals surface area contributed by atoms with E-state index in [1.807, 2.05) is 6.92 Å². The molecule has 0 atom stereocenters. The molecule has 0 fully saturated rings. The van der Waals surface area contributed by atoms with E-state index in [0.29, 0.717) is 6.61 Å². The van der Waals surface area contributed by atoms with Crippen LogP contribution in [0.1, 0.15) is 19.4 Å². The number of esters is 1. The molecule has 0 spiro atoms. The predicted octanol–water partition coefficient (Wildman–Crippen LogP) is 1.69. The smallest absolute Gasteiger partial charge is 0.310 e. The average Bonchev–Trinajstić information content (AvgIpc) is 2.22. The van der Waals surface area contributed by atoms with Gasteiger partial charge in [-0.25, -0.2) is 9.97 Å². The molecule has 0 radical (unpaired) electrons. The van der Waals surface area contributed by atoms with Crippen molar-refractivity contribution in [3.05, 3.63) is 18.0 Å². The third-order valence-corrected chi connectivity index (χ3v) is 2.37. The molecule has 0 N–H and O–H groups in total. The van der Waals surface area contributed by atoms with Crippen molar-refractivity contribution >= 4 is 17.7 Å². The van der Waals surface area contributed by atoms with Crippen molar-refractivity contribution in [2.75, 3.05) is 12.4 Å². The maximum atomic E-state index is 11.1. The van der Waals surface area contributed by atoms with Gasteiger partial charge >= 0.3 is 5.97 Å². The Labute approximate surface area is 93.5 Å². The summed E-state index contributed by atoms with van der Waals surface area (Å²) >= 11 is 1.57. The minimum Gasteiger partial charge on any atom is -0.466 e. The molecule has 15 heavy (non-hydrogen) atoms. The van der Waals surface area contributed by atoms with E-state index in [-0.39, 0.29) is 12.4 Å². The number of hydrogen-bond donors (Lipinski definition) is 0. The van der Waals surface area contributed by atoms with Gasteiger partial charge in [0.25, 0.3) is 0 Å². The fourth-order valence-corrected chi connectivity index (χ4v) is 1.53. The summed E-state index contributed by atoms with van der Waals surface area (Å²) in [5, 5.41) is 0.741. The van der Waals surface area contributed by atoms with Crippen molar-refractivity contribution in [1.82, 2.24) is 9.97 Å². The van der Waals surface area contributed by atoms with Crippen LogP contribution < -0.4 is 0 Å². The third kappa shape index (κ3) is 4.29. The molecule has 0 aliphatic rings. The second-order valence-electron chi connectivity index (χ2n) is 2.79. The summed E-state index contributed by atoms with van der Waals surface area (Å²) < 4.78 is 4.82. The molecule has 1 aromatic rings. The van der Waals surface area contributed by atoms with Crippen LogP contribution in [0.5, 0.6) is 0 Å². The van der Waals surface area contributed by atoms with Crippen LogP contribution in [0, 0.1) is 0 Å².